The van der Waals surface area contributed by atoms with Gasteiger partial charge in [0.1, 0.15) is 11.6 Å². The fourth-order valence-corrected chi connectivity index (χ4v) is 8.02. The van der Waals surface area contributed by atoms with E-state index in [0.717, 1.165) is 23.4 Å². The Hall–Kier alpha value is -1.97. The van der Waals surface area contributed by atoms with Gasteiger partial charge in [0.2, 0.25) is 0 Å². The van der Waals surface area contributed by atoms with Crippen LogP contribution in [0.3, 0.4) is 0 Å². The molecule has 1 aliphatic heterocycles. The molecule has 6 nitrogen and oxygen atoms in total. The molecule has 1 N–H and O–H groups in total. The van der Waals surface area contributed by atoms with Crippen molar-refractivity contribution in [3.05, 3.63) is 59.9 Å². The summed E-state index contributed by atoms with van der Waals surface area (Å²) in [6.45, 7) is 0.432. The fraction of sp³-hybridized carbons (Fsp3) is 0.368. The molecule has 0 bridgehead atoms. The summed E-state index contributed by atoms with van der Waals surface area (Å²) in [5, 5.41) is 1.99. The number of methoxy groups -OCH3 is 1. The standard InChI is InChI=1S/C19H22FNO5S2/c1-26-16-6-2-14(3-7-16)10-11-21-18-12-27(22,23)13-19(18)28(24,25)17-8-4-15(20)5-9-17/h2-9,18-19,21H,10-13H2,1H3/t18-,19-/m0/s1. The van der Waals surface area contributed by atoms with Gasteiger partial charge in [-0.25, -0.2) is 21.2 Å². The molecule has 0 saturated carbocycles. The molecule has 2 aromatic rings. The molecule has 3 rings (SSSR count). The zero-order valence-corrected chi connectivity index (χ0v) is 17.0. The first-order valence-corrected chi connectivity index (χ1v) is 12.1. The van der Waals surface area contributed by atoms with Gasteiger partial charge in [0.05, 0.1) is 28.8 Å². The highest BCUT2D eigenvalue weighted by atomic mass is 32.2. The summed E-state index contributed by atoms with van der Waals surface area (Å²) in [5.41, 5.74) is 1.02. The smallest absolute Gasteiger partial charge is 0.183 e. The van der Waals surface area contributed by atoms with Crippen LogP contribution in [0.1, 0.15) is 5.56 Å². The third-order valence-corrected chi connectivity index (χ3v) is 8.99. The summed E-state index contributed by atoms with van der Waals surface area (Å²) in [4.78, 5) is -0.0713. The van der Waals surface area contributed by atoms with Crippen molar-refractivity contribution in [2.24, 2.45) is 0 Å². The van der Waals surface area contributed by atoms with Crippen molar-refractivity contribution in [1.82, 2.24) is 5.32 Å². The molecule has 0 spiro atoms. The summed E-state index contributed by atoms with van der Waals surface area (Å²) in [7, 11) is -5.80. The van der Waals surface area contributed by atoms with Gasteiger partial charge in [-0.3, -0.25) is 0 Å². The Morgan fingerprint density at radius 2 is 1.71 bits per heavy atom. The number of hydrogen-bond donors (Lipinski definition) is 1. The number of rotatable bonds is 7. The second kappa shape index (κ2) is 8.18. The van der Waals surface area contributed by atoms with Crippen LogP contribution in [0.15, 0.2) is 53.4 Å². The molecule has 0 amide bonds. The van der Waals surface area contributed by atoms with Crippen molar-refractivity contribution in [1.29, 1.82) is 0 Å². The summed E-state index contributed by atoms with van der Waals surface area (Å²) in [6.07, 6.45) is 0.615. The first kappa shape index (κ1) is 20.8. The maximum absolute atomic E-state index is 13.1. The Balaban J connectivity index is 1.72. The van der Waals surface area contributed by atoms with Gasteiger partial charge in [-0.15, -0.1) is 0 Å². The molecular weight excluding hydrogens is 405 g/mol. The van der Waals surface area contributed by atoms with Crippen molar-refractivity contribution in [3.8, 4) is 5.75 Å². The normalized spacial score (nSPS) is 21.5. The number of benzene rings is 2. The zero-order valence-electron chi connectivity index (χ0n) is 15.3. The van der Waals surface area contributed by atoms with E-state index in [0.29, 0.717) is 13.0 Å². The summed E-state index contributed by atoms with van der Waals surface area (Å²) < 4.78 is 68.3. The molecule has 0 radical (unpaired) electrons. The number of sulfone groups is 2. The van der Waals surface area contributed by atoms with Gasteiger partial charge in [0, 0.05) is 6.04 Å². The molecule has 2 atom stereocenters. The molecule has 0 unspecified atom stereocenters. The van der Waals surface area contributed by atoms with Crippen molar-refractivity contribution in [2.45, 2.75) is 22.6 Å². The minimum absolute atomic E-state index is 0.0713. The predicted molar refractivity (Wildman–Crippen MR) is 105 cm³/mol. The van der Waals surface area contributed by atoms with E-state index in [4.69, 9.17) is 4.74 Å². The lowest BCUT2D eigenvalue weighted by Crippen LogP contribution is -2.44. The highest BCUT2D eigenvalue weighted by Gasteiger charge is 2.45. The second-order valence-corrected chi connectivity index (χ2v) is 11.1. The first-order valence-electron chi connectivity index (χ1n) is 8.77. The van der Waals surface area contributed by atoms with Gasteiger partial charge in [0.15, 0.2) is 19.7 Å². The number of hydrogen-bond acceptors (Lipinski definition) is 6. The molecule has 0 aromatic heterocycles. The Kier molecular flexibility index (Phi) is 6.07. The second-order valence-electron chi connectivity index (χ2n) is 6.77. The Morgan fingerprint density at radius 1 is 1.07 bits per heavy atom. The van der Waals surface area contributed by atoms with Crippen molar-refractivity contribution >= 4 is 19.7 Å². The van der Waals surface area contributed by atoms with E-state index < -0.39 is 42.5 Å². The Morgan fingerprint density at radius 3 is 2.32 bits per heavy atom. The van der Waals surface area contributed by atoms with Crippen LogP contribution in [0.5, 0.6) is 5.75 Å². The minimum atomic E-state index is -3.90. The minimum Gasteiger partial charge on any atom is -0.497 e. The summed E-state index contributed by atoms with van der Waals surface area (Å²) in [5.74, 6) is -0.482. The third kappa shape index (κ3) is 4.71. The molecule has 1 fully saturated rings. The molecule has 2 aromatic carbocycles. The van der Waals surface area contributed by atoms with Gasteiger partial charge in [-0.1, -0.05) is 12.1 Å². The first-order chi connectivity index (χ1) is 13.2. The maximum atomic E-state index is 13.1. The zero-order chi connectivity index (χ0) is 20.4. The van der Waals surface area contributed by atoms with Crippen molar-refractivity contribution < 1.29 is 26.0 Å². The number of halogens is 1. The lowest BCUT2D eigenvalue weighted by Gasteiger charge is -2.20. The van der Waals surface area contributed by atoms with Crippen LogP contribution in [0.25, 0.3) is 0 Å². The van der Waals surface area contributed by atoms with Crippen LogP contribution in [-0.2, 0) is 26.1 Å². The lowest BCUT2D eigenvalue weighted by atomic mass is 10.1. The van der Waals surface area contributed by atoms with Crippen molar-refractivity contribution in [2.75, 3.05) is 25.2 Å². The average molecular weight is 428 g/mol. The Labute approximate surface area is 164 Å². The molecule has 1 saturated heterocycles. The molecular formula is C19H22FNO5S2. The van der Waals surface area contributed by atoms with E-state index in [9.17, 15) is 21.2 Å². The topological polar surface area (TPSA) is 89.5 Å². The lowest BCUT2D eigenvalue weighted by molar-refractivity contribution is 0.414. The largest absolute Gasteiger partial charge is 0.497 e. The average Bonchev–Trinajstić information content (AvgIpc) is 2.98. The van der Waals surface area contributed by atoms with Gasteiger partial charge >= 0.3 is 0 Å². The van der Waals surface area contributed by atoms with Gasteiger partial charge < -0.3 is 10.1 Å². The van der Waals surface area contributed by atoms with E-state index in [1.54, 1.807) is 7.11 Å². The molecule has 28 heavy (non-hydrogen) atoms. The van der Waals surface area contributed by atoms with Gasteiger partial charge in [-0.05, 0) is 54.9 Å². The van der Waals surface area contributed by atoms with Crippen LogP contribution >= 0.6 is 0 Å². The van der Waals surface area contributed by atoms with E-state index in [2.05, 4.69) is 5.32 Å². The SMILES string of the molecule is COc1ccc(CCN[C@H]2CS(=O)(=O)C[C@@H]2S(=O)(=O)c2ccc(F)cc2)cc1. The highest BCUT2D eigenvalue weighted by Crippen LogP contribution is 2.26. The van der Waals surface area contributed by atoms with Gasteiger partial charge in [-0.2, -0.15) is 0 Å². The van der Waals surface area contributed by atoms with Gasteiger partial charge in [0.25, 0.3) is 0 Å². The van der Waals surface area contributed by atoms with Crippen LogP contribution < -0.4 is 10.1 Å². The molecule has 9 heteroatoms. The predicted octanol–water partition coefficient (Wildman–Crippen LogP) is 1.61. The van der Waals surface area contributed by atoms with E-state index in [-0.39, 0.29) is 10.6 Å². The molecule has 0 aliphatic carbocycles. The van der Waals surface area contributed by atoms with E-state index >= 15 is 0 Å². The van der Waals surface area contributed by atoms with Crippen molar-refractivity contribution in [3.63, 3.8) is 0 Å². The molecule has 1 heterocycles. The fourth-order valence-electron chi connectivity index (χ4n) is 3.30. The van der Waals surface area contributed by atoms with Crippen LogP contribution in [0.2, 0.25) is 0 Å². The molecule has 1 aliphatic rings. The number of ether oxygens (including phenoxy) is 1. The van der Waals surface area contributed by atoms with Crippen LogP contribution in [-0.4, -0.2) is 53.3 Å². The molecule has 152 valence electrons. The van der Waals surface area contributed by atoms with Crippen LogP contribution in [0, 0.1) is 5.82 Å². The van der Waals surface area contributed by atoms with E-state index in [1.165, 1.54) is 12.1 Å². The highest BCUT2D eigenvalue weighted by molar-refractivity contribution is 7.96. The van der Waals surface area contributed by atoms with Crippen LogP contribution in [0.4, 0.5) is 4.39 Å². The summed E-state index contributed by atoms with van der Waals surface area (Å²) >= 11 is 0. The third-order valence-electron chi connectivity index (χ3n) is 4.82. The maximum Gasteiger partial charge on any atom is 0.183 e. The summed E-state index contributed by atoms with van der Waals surface area (Å²) in [6, 6.07) is 11.2. The number of nitrogens with one attached hydrogen (secondary N) is 1. The van der Waals surface area contributed by atoms with E-state index in [1.807, 2.05) is 24.3 Å². The Bertz CT molecular complexity index is 1020. The quantitative estimate of drug-likeness (QED) is 0.676. The monoisotopic (exact) mass is 427 g/mol.